The molecule has 2 unspecified atom stereocenters. The number of carbonyl (C=O) groups is 1. The summed E-state index contributed by atoms with van der Waals surface area (Å²) in [6.07, 6.45) is -1.12. The molecule has 94 valence electrons. The second kappa shape index (κ2) is 6.13. The number of β-amino-alcohol motifs (C(OH)–C–C–N with tert-alkyl or cyclic N) is 1. The molecule has 1 heterocycles. The molecule has 0 aromatic rings. The number of hydrogen-bond acceptors (Lipinski definition) is 2. The van der Waals surface area contributed by atoms with Gasteiger partial charge in [0, 0.05) is 25.4 Å². The predicted molar refractivity (Wildman–Crippen MR) is 56.2 cm³/mol. The van der Waals surface area contributed by atoms with Gasteiger partial charge in [0.1, 0.15) is 0 Å². The Morgan fingerprint density at radius 1 is 1.50 bits per heavy atom. The second-order valence-corrected chi connectivity index (χ2v) is 4.39. The van der Waals surface area contributed by atoms with Crippen molar-refractivity contribution in [2.75, 3.05) is 13.1 Å². The number of carbonyl (C=O) groups excluding carboxylic acids is 1. The van der Waals surface area contributed by atoms with Crippen molar-refractivity contribution in [2.24, 2.45) is 5.92 Å². The Labute approximate surface area is 94.4 Å². The number of rotatable bonds is 4. The van der Waals surface area contributed by atoms with Crippen molar-refractivity contribution in [2.45, 2.75) is 45.1 Å². The number of hydrogen-bond donors (Lipinski definition) is 1. The van der Waals surface area contributed by atoms with Crippen molar-refractivity contribution >= 4 is 5.91 Å². The normalized spacial score (nSPS) is 26.2. The Morgan fingerprint density at radius 3 is 2.75 bits per heavy atom. The zero-order valence-electron chi connectivity index (χ0n) is 9.53. The van der Waals surface area contributed by atoms with Crippen LogP contribution in [0.15, 0.2) is 0 Å². The lowest BCUT2D eigenvalue weighted by Crippen LogP contribution is -2.47. The fraction of sp³-hybridized carbons (Fsp3) is 0.909. The molecule has 1 N–H and O–H groups in total. The molecule has 1 saturated heterocycles. The molecule has 0 aromatic carbocycles. The average molecular weight is 235 g/mol. The van der Waals surface area contributed by atoms with Crippen molar-refractivity contribution in [3.05, 3.63) is 0 Å². The number of alkyl halides is 2. The first-order valence-electron chi connectivity index (χ1n) is 5.78. The minimum absolute atomic E-state index is 0.0806. The van der Waals surface area contributed by atoms with Crippen LogP contribution in [-0.2, 0) is 4.79 Å². The van der Waals surface area contributed by atoms with Crippen LogP contribution in [0.5, 0.6) is 0 Å². The SMILES string of the molecule is CCCCC(=O)N1CC(O)CC(C(F)F)C1. The number of unbranched alkanes of at least 4 members (excludes halogenated alkanes) is 1. The third kappa shape index (κ3) is 3.70. The van der Waals surface area contributed by atoms with Crippen LogP contribution in [0.4, 0.5) is 8.78 Å². The molecule has 1 fully saturated rings. The minimum Gasteiger partial charge on any atom is -0.391 e. The molecule has 5 heteroatoms. The third-order valence-electron chi connectivity index (χ3n) is 2.91. The zero-order valence-corrected chi connectivity index (χ0v) is 9.53. The van der Waals surface area contributed by atoms with Crippen LogP contribution in [-0.4, -0.2) is 41.5 Å². The van der Waals surface area contributed by atoms with Crippen molar-refractivity contribution in [1.29, 1.82) is 0 Å². The summed E-state index contributed by atoms with van der Waals surface area (Å²) in [5.74, 6) is -0.999. The Hall–Kier alpha value is -0.710. The van der Waals surface area contributed by atoms with E-state index in [-0.39, 0.29) is 25.4 Å². The van der Waals surface area contributed by atoms with Gasteiger partial charge in [-0.15, -0.1) is 0 Å². The molecular formula is C11H19F2NO2. The maximum atomic E-state index is 12.5. The zero-order chi connectivity index (χ0) is 12.1. The van der Waals surface area contributed by atoms with Gasteiger partial charge < -0.3 is 10.0 Å². The van der Waals surface area contributed by atoms with Crippen molar-refractivity contribution in [3.63, 3.8) is 0 Å². The van der Waals surface area contributed by atoms with Gasteiger partial charge in [0.25, 0.3) is 0 Å². The van der Waals surface area contributed by atoms with Crippen LogP contribution in [0.2, 0.25) is 0 Å². The highest BCUT2D eigenvalue weighted by Gasteiger charge is 2.33. The summed E-state index contributed by atoms with van der Waals surface area (Å²) in [7, 11) is 0. The van der Waals surface area contributed by atoms with Gasteiger partial charge in [-0.05, 0) is 12.8 Å². The fourth-order valence-electron chi connectivity index (χ4n) is 1.98. The lowest BCUT2D eigenvalue weighted by molar-refractivity contribution is -0.137. The van der Waals surface area contributed by atoms with E-state index in [2.05, 4.69) is 0 Å². The van der Waals surface area contributed by atoms with Gasteiger partial charge in [0.05, 0.1) is 6.10 Å². The number of aliphatic hydroxyl groups is 1. The van der Waals surface area contributed by atoms with E-state index in [0.29, 0.717) is 6.42 Å². The summed E-state index contributed by atoms with van der Waals surface area (Å²) in [5.41, 5.74) is 0. The monoisotopic (exact) mass is 235 g/mol. The van der Waals surface area contributed by atoms with E-state index in [0.717, 1.165) is 12.8 Å². The van der Waals surface area contributed by atoms with Crippen LogP contribution < -0.4 is 0 Å². The number of halogens is 2. The van der Waals surface area contributed by atoms with Gasteiger partial charge in [0.15, 0.2) is 0 Å². The summed E-state index contributed by atoms with van der Waals surface area (Å²) < 4.78 is 25.1. The maximum Gasteiger partial charge on any atom is 0.243 e. The topological polar surface area (TPSA) is 40.5 Å². The Morgan fingerprint density at radius 2 is 2.19 bits per heavy atom. The molecular weight excluding hydrogens is 216 g/mol. The van der Waals surface area contributed by atoms with Gasteiger partial charge in [-0.1, -0.05) is 13.3 Å². The van der Waals surface area contributed by atoms with Crippen molar-refractivity contribution in [1.82, 2.24) is 4.90 Å². The van der Waals surface area contributed by atoms with E-state index >= 15 is 0 Å². The highest BCUT2D eigenvalue weighted by Crippen LogP contribution is 2.23. The molecule has 0 aromatic heterocycles. The quantitative estimate of drug-likeness (QED) is 0.805. The van der Waals surface area contributed by atoms with Crippen LogP contribution >= 0.6 is 0 Å². The van der Waals surface area contributed by atoms with E-state index in [1.54, 1.807) is 0 Å². The standard InChI is InChI=1S/C11H19F2NO2/c1-2-3-4-10(16)14-6-8(11(12)13)5-9(15)7-14/h8-9,11,15H,2-7H2,1H3. The number of likely N-dealkylation sites (tertiary alicyclic amines) is 1. The molecule has 0 spiro atoms. The second-order valence-electron chi connectivity index (χ2n) is 4.39. The molecule has 0 saturated carbocycles. The first-order chi connectivity index (χ1) is 7.54. The first kappa shape index (κ1) is 13.4. The van der Waals surface area contributed by atoms with Crippen molar-refractivity contribution in [3.8, 4) is 0 Å². The lowest BCUT2D eigenvalue weighted by atomic mass is 9.96. The van der Waals surface area contributed by atoms with Crippen LogP contribution in [0.3, 0.4) is 0 Å². The number of piperidine rings is 1. The van der Waals surface area contributed by atoms with E-state index in [9.17, 15) is 18.7 Å². The molecule has 0 bridgehead atoms. The number of amides is 1. The van der Waals surface area contributed by atoms with Crippen LogP contribution in [0.1, 0.15) is 32.6 Å². The molecule has 2 atom stereocenters. The highest BCUT2D eigenvalue weighted by atomic mass is 19.3. The molecule has 1 rings (SSSR count). The van der Waals surface area contributed by atoms with Crippen LogP contribution in [0.25, 0.3) is 0 Å². The Bertz CT molecular complexity index is 236. The summed E-state index contributed by atoms with van der Waals surface area (Å²) in [5, 5.41) is 9.45. The summed E-state index contributed by atoms with van der Waals surface area (Å²) in [6.45, 7) is 2.25. The maximum absolute atomic E-state index is 12.5. The van der Waals surface area contributed by atoms with Gasteiger partial charge in [-0.2, -0.15) is 0 Å². The summed E-state index contributed by atoms with van der Waals surface area (Å²) in [4.78, 5) is 13.0. The molecule has 3 nitrogen and oxygen atoms in total. The predicted octanol–water partition coefficient (Wildman–Crippen LogP) is 1.65. The Kier molecular flexibility index (Phi) is 5.12. The average Bonchev–Trinajstić information content (AvgIpc) is 2.24. The number of nitrogens with zero attached hydrogens (tertiary/aromatic N) is 1. The highest BCUT2D eigenvalue weighted by molar-refractivity contribution is 5.76. The molecule has 0 aliphatic carbocycles. The minimum atomic E-state index is -2.46. The van der Waals surface area contributed by atoms with Gasteiger partial charge >= 0.3 is 0 Å². The summed E-state index contributed by atoms with van der Waals surface area (Å²) in [6, 6.07) is 0. The fourth-order valence-corrected chi connectivity index (χ4v) is 1.98. The van der Waals surface area contributed by atoms with E-state index in [4.69, 9.17) is 0 Å². The number of aliphatic hydroxyl groups excluding tert-OH is 1. The van der Waals surface area contributed by atoms with Gasteiger partial charge in [-0.3, -0.25) is 4.79 Å². The third-order valence-corrected chi connectivity index (χ3v) is 2.91. The first-order valence-corrected chi connectivity index (χ1v) is 5.78. The molecule has 1 amide bonds. The Balaban J connectivity index is 2.49. The lowest BCUT2D eigenvalue weighted by Gasteiger charge is -2.35. The smallest absolute Gasteiger partial charge is 0.243 e. The molecule has 0 radical (unpaired) electrons. The molecule has 1 aliphatic heterocycles. The largest absolute Gasteiger partial charge is 0.391 e. The van der Waals surface area contributed by atoms with E-state index < -0.39 is 18.4 Å². The molecule has 1 aliphatic rings. The van der Waals surface area contributed by atoms with E-state index in [1.807, 2.05) is 6.92 Å². The van der Waals surface area contributed by atoms with E-state index in [1.165, 1.54) is 4.90 Å². The van der Waals surface area contributed by atoms with Crippen LogP contribution in [0, 0.1) is 5.92 Å². The summed E-state index contributed by atoms with van der Waals surface area (Å²) >= 11 is 0. The molecule has 16 heavy (non-hydrogen) atoms. The van der Waals surface area contributed by atoms with Gasteiger partial charge in [0.2, 0.25) is 12.3 Å². The van der Waals surface area contributed by atoms with Crippen molar-refractivity contribution < 1.29 is 18.7 Å². The van der Waals surface area contributed by atoms with Gasteiger partial charge in [-0.25, -0.2) is 8.78 Å².